The van der Waals surface area contributed by atoms with E-state index in [1.165, 1.54) is 49.7 Å². The van der Waals surface area contributed by atoms with Gasteiger partial charge in [-0.15, -0.1) is 0 Å². The van der Waals surface area contributed by atoms with E-state index in [2.05, 4.69) is 193 Å². The van der Waals surface area contributed by atoms with Crippen molar-refractivity contribution >= 4 is 39.0 Å². The molecule has 1 aliphatic heterocycles. The van der Waals surface area contributed by atoms with Gasteiger partial charge in [0.25, 0.3) is 0 Å². The number of benzene rings is 5. The third-order valence-electron chi connectivity index (χ3n) is 10.2. The van der Waals surface area contributed by atoms with Crippen molar-refractivity contribution in [3.8, 4) is 5.69 Å². The molecular weight excluding hydrogens is 609 g/mol. The lowest BCUT2D eigenvalue weighted by atomic mass is 9.80. The van der Waals surface area contributed by atoms with Crippen LogP contribution in [0.5, 0.6) is 0 Å². The van der Waals surface area contributed by atoms with Gasteiger partial charge >= 0.3 is 0 Å². The van der Waals surface area contributed by atoms with Gasteiger partial charge in [0.2, 0.25) is 0 Å². The van der Waals surface area contributed by atoms with Crippen LogP contribution in [-0.4, -0.2) is 17.1 Å². The molecule has 6 aromatic rings. The Kier molecular flexibility index (Phi) is 8.41. The van der Waals surface area contributed by atoms with Crippen molar-refractivity contribution in [2.75, 3.05) is 16.6 Å². The predicted molar refractivity (Wildman–Crippen MR) is 216 cm³/mol. The molecule has 1 aromatic heterocycles. The van der Waals surface area contributed by atoms with Crippen molar-refractivity contribution in [3.05, 3.63) is 137 Å². The molecule has 0 saturated heterocycles. The van der Waals surface area contributed by atoms with Crippen LogP contribution in [0.15, 0.2) is 114 Å². The first-order valence-electron chi connectivity index (χ1n) is 18.2. The number of nitrogens with zero attached hydrogens (tertiary/aromatic N) is 4. The molecule has 0 aliphatic carbocycles. The first kappa shape index (κ1) is 33.7. The molecule has 0 radical (unpaired) electrons. The molecule has 4 nitrogen and oxygen atoms in total. The first-order valence-corrected chi connectivity index (χ1v) is 18.2. The molecule has 0 saturated carbocycles. The molecule has 1 aliphatic rings. The van der Waals surface area contributed by atoms with Crippen molar-refractivity contribution in [1.29, 1.82) is 0 Å². The molecule has 256 valence electrons. The Hall–Kier alpha value is -4.83. The summed E-state index contributed by atoms with van der Waals surface area (Å²) in [6.07, 6.45) is 0. The second-order valence-corrected chi connectivity index (χ2v) is 16.7. The van der Waals surface area contributed by atoms with E-state index in [0.29, 0.717) is 18.5 Å². The fraction of sp³-hybridized carbons (Fsp3) is 0.326. The number of para-hydroxylation sites is 2. The number of hydrazone groups is 1. The normalized spacial score (nSPS) is 14.1. The van der Waals surface area contributed by atoms with Gasteiger partial charge in [0.1, 0.15) is 6.67 Å². The molecule has 0 amide bonds. The SMILES string of the molecule is CC(C)c1cc(C(C)(C)C)cc(C(C)C)c1N1CN(c2cc(-n3c4ccccc4c4ccccc43)cc(C(C)(C)C)c2)N=C1c1ccccc1. The third-order valence-corrected chi connectivity index (χ3v) is 10.2. The number of aromatic nitrogens is 1. The van der Waals surface area contributed by atoms with Gasteiger partial charge in [0, 0.05) is 22.0 Å². The summed E-state index contributed by atoms with van der Waals surface area (Å²) in [4.78, 5) is 2.48. The van der Waals surface area contributed by atoms with Gasteiger partial charge in [-0.1, -0.05) is 148 Å². The molecule has 0 atom stereocenters. The van der Waals surface area contributed by atoms with Gasteiger partial charge in [-0.25, -0.2) is 5.01 Å². The zero-order valence-corrected chi connectivity index (χ0v) is 31.5. The number of fused-ring (bicyclic) bond motifs is 3. The summed E-state index contributed by atoms with van der Waals surface area (Å²) >= 11 is 0. The summed E-state index contributed by atoms with van der Waals surface area (Å²) in [5.74, 6) is 1.68. The molecule has 5 aromatic carbocycles. The average Bonchev–Trinajstić information content (AvgIpc) is 3.67. The van der Waals surface area contributed by atoms with E-state index in [0.717, 1.165) is 22.8 Å². The van der Waals surface area contributed by atoms with Gasteiger partial charge in [-0.2, -0.15) is 5.10 Å². The largest absolute Gasteiger partial charge is 0.309 e. The van der Waals surface area contributed by atoms with E-state index < -0.39 is 0 Å². The Morgan fingerprint density at radius 2 is 1.04 bits per heavy atom. The highest BCUT2D eigenvalue weighted by Gasteiger charge is 2.33. The summed E-state index contributed by atoms with van der Waals surface area (Å²) in [6.45, 7) is 23.8. The molecule has 0 bridgehead atoms. The summed E-state index contributed by atoms with van der Waals surface area (Å²) in [5.41, 5.74) is 12.5. The van der Waals surface area contributed by atoms with Crippen LogP contribution in [0.25, 0.3) is 27.5 Å². The number of hydrogen-bond donors (Lipinski definition) is 0. The van der Waals surface area contributed by atoms with E-state index in [1.54, 1.807) is 0 Å². The molecule has 0 fully saturated rings. The maximum atomic E-state index is 5.50. The van der Waals surface area contributed by atoms with E-state index in [9.17, 15) is 0 Å². The first-order chi connectivity index (χ1) is 23.7. The Morgan fingerprint density at radius 1 is 0.560 bits per heavy atom. The molecule has 0 spiro atoms. The van der Waals surface area contributed by atoms with Crippen molar-refractivity contribution in [2.24, 2.45) is 5.10 Å². The Labute approximate surface area is 299 Å². The number of amidine groups is 1. The van der Waals surface area contributed by atoms with Crippen molar-refractivity contribution in [1.82, 2.24) is 4.57 Å². The molecular formula is C46H52N4. The summed E-state index contributed by atoms with van der Waals surface area (Å²) in [5, 5.41) is 10.3. The number of anilines is 2. The minimum Gasteiger partial charge on any atom is -0.309 e. The van der Waals surface area contributed by atoms with Gasteiger partial charge in [0.15, 0.2) is 5.84 Å². The maximum Gasteiger partial charge on any atom is 0.162 e. The fourth-order valence-corrected chi connectivity index (χ4v) is 7.33. The second kappa shape index (κ2) is 12.5. The second-order valence-electron chi connectivity index (χ2n) is 16.7. The highest BCUT2D eigenvalue weighted by atomic mass is 15.6. The van der Waals surface area contributed by atoms with Crippen LogP contribution >= 0.6 is 0 Å². The van der Waals surface area contributed by atoms with Crippen LogP contribution in [0.2, 0.25) is 0 Å². The van der Waals surface area contributed by atoms with Gasteiger partial charge in [0.05, 0.1) is 22.4 Å². The molecule has 0 unspecified atom stereocenters. The van der Waals surface area contributed by atoms with Crippen LogP contribution in [0.3, 0.4) is 0 Å². The molecule has 7 rings (SSSR count). The quantitative estimate of drug-likeness (QED) is 0.177. The number of rotatable bonds is 6. The van der Waals surface area contributed by atoms with Gasteiger partial charge in [-0.05, 0) is 75.3 Å². The Balaban J connectivity index is 1.45. The van der Waals surface area contributed by atoms with Gasteiger partial charge in [-0.3, -0.25) is 0 Å². The van der Waals surface area contributed by atoms with Crippen molar-refractivity contribution in [2.45, 2.75) is 91.9 Å². The lowest BCUT2D eigenvalue weighted by Gasteiger charge is -2.32. The highest BCUT2D eigenvalue weighted by Crippen LogP contribution is 2.43. The molecule has 0 N–H and O–H groups in total. The van der Waals surface area contributed by atoms with Crippen LogP contribution in [0.1, 0.15) is 109 Å². The maximum absolute atomic E-state index is 5.50. The summed E-state index contributed by atoms with van der Waals surface area (Å²) in [6, 6.07) is 40.2. The van der Waals surface area contributed by atoms with E-state index in [1.807, 2.05) is 0 Å². The van der Waals surface area contributed by atoms with E-state index >= 15 is 0 Å². The van der Waals surface area contributed by atoms with E-state index in [4.69, 9.17) is 5.10 Å². The lowest BCUT2D eigenvalue weighted by Crippen LogP contribution is -2.34. The zero-order chi connectivity index (χ0) is 35.5. The Morgan fingerprint density at radius 3 is 1.56 bits per heavy atom. The minimum atomic E-state index is -0.0622. The summed E-state index contributed by atoms with van der Waals surface area (Å²) < 4.78 is 2.43. The topological polar surface area (TPSA) is 23.8 Å². The predicted octanol–water partition coefficient (Wildman–Crippen LogP) is 12.3. The standard InChI is InChI=1S/C46H52N4/c1-30(2)39-26-34(46(8,9)10)27-40(31(3)4)43(39)48-29-49(47-44(48)32-18-12-11-13-19-32)35-24-33(45(5,6)7)25-36(28-35)50-41-22-16-14-20-37(41)38-21-15-17-23-42(38)50/h11-28,30-31H,29H2,1-10H3. The zero-order valence-electron chi connectivity index (χ0n) is 31.5. The van der Waals surface area contributed by atoms with Gasteiger partial charge < -0.3 is 9.47 Å². The van der Waals surface area contributed by atoms with Crippen LogP contribution in [0, 0.1) is 0 Å². The van der Waals surface area contributed by atoms with Crippen molar-refractivity contribution in [3.63, 3.8) is 0 Å². The fourth-order valence-electron chi connectivity index (χ4n) is 7.33. The average molecular weight is 661 g/mol. The van der Waals surface area contributed by atoms with Crippen LogP contribution < -0.4 is 9.91 Å². The third kappa shape index (κ3) is 5.99. The molecule has 4 heteroatoms. The van der Waals surface area contributed by atoms with Crippen molar-refractivity contribution < 1.29 is 0 Å². The lowest BCUT2D eigenvalue weighted by molar-refractivity contribution is 0.586. The minimum absolute atomic E-state index is 0.0514. The van der Waals surface area contributed by atoms with Crippen LogP contribution in [-0.2, 0) is 10.8 Å². The smallest absolute Gasteiger partial charge is 0.162 e. The van der Waals surface area contributed by atoms with E-state index in [-0.39, 0.29) is 10.8 Å². The summed E-state index contributed by atoms with van der Waals surface area (Å²) in [7, 11) is 0. The van der Waals surface area contributed by atoms with Crippen LogP contribution in [0.4, 0.5) is 11.4 Å². The molecule has 50 heavy (non-hydrogen) atoms. The highest BCUT2D eigenvalue weighted by molar-refractivity contribution is 6.13. The Bertz CT molecular complexity index is 2140. The molecule has 2 heterocycles. The monoisotopic (exact) mass is 660 g/mol. The number of hydrogen-bond acceptors (Lipinski definition) is 3.